The standard InChI is InChI=1S/C18H18N2O4/c1-12-8-10-15(11-9-12)18(23)24-13(2)16(21)19-20-17(22)14-6-4-3-5-7-14/h3-11,13H,1-2H3,(H,19,21)(H,20,22)/t13-/m0/s1. The predicted octanol–water partition coefficient (Wildman–Crippen LogP) is 2.00. The number of hydrogen-bond donors (Lipinski definition) is 2. The number of hydrogen-bond acceptors (Lipinski definition) is 4. The van der Waals surface area contributed by atoms with Crippen LogP contribution in [0.3, 0.4) is 0 Å². The molecule has 2 N–H and O–H groups in total. The maximum atomic E-state index is 11.9. The average molecular weight is 326 g/mol. The number of carbonyl (C=O) groups is 3. The van der Waals surface area contributed by atoms with Gasteiger partial charge in [0.15, 0.2) is 6.10 Å². The minimum atomic E-state index is -1.05. The molecule has 0 unspecified atom stereocenters. The maximum absolute atomic E-state index is 11.9. The van der Waals surface area contributed by atoms with Crippen molar-refractivity contribution in [3.8, 4) is 0 Å². The van der Waals surface area contributed by atoms with Crippen LogP contribution in [0.2, 0.25) is 0 Å². The minimum absolute atomic E-state index is 0.355. The van der Waals surface area contributed by atoms with E-state index in [1.54, 1.807) is 54.6 Å². The second kappa shape index (κ2) is 7.92. The molecule has 0 spiro atoms. The third kappa shape index (κ3) is 4.67. The molecule has 0 saturated carbocycles. The molecule has 2 aromatic rings. The van der Waals surface area contributed by atoms with Gasteiger partial charge in [-0.25, -0.2) is 4.79 Å². The van der Waals surface area contributed by atoms with Gasteiger partial charge in [-0.1, -0.05) is 35.9 Å². The van der Waals surface area contributed by atoms with Crippen LogP contribution >= 0.6 is 0 Å². The lowest BCUT2D eigenvalue weighted by Crippen LogP contribution is -2.46. The summed E-state index contributed by atoms with van der Waals surface area (Å²) in [7, 11) is 0. The van der Waals surface area contributed by atoms with Crippen molar-refractivity contribution in [1.82, 2.24) is 10.9 Å². The number of hydrazine groups is 1. The summed E-state index contributed by atoms with van der Waals surface area (Å²) in [6.45, 7) is 3.33. The molecule has 0 radical (unpaired) electrons. The molecule has 124 valence electrons. The van der Waals surface area contributed by atoms with Crippen LogP contribution in [0.5, 0.6) is 0 Å². The Hall–Kier alpha value is -3.15. The van der Waals surface area contributed by atoms with E-state index in [1.165, 1.54) is 6.92 Å². The molecule has 0 aliphatic carbocycles. The van der Waals surface area contributed by atoms with Crippen LogP contribution in [-0.2, 0) is 9.53 Å². The molecular weight excluding hydrogens is 308 g/mol. The van der Waals surface area contributed by atoms with E-state index in [4.69, 9.17) is 4.74 Å². The zero-order chi connectivity index (χ0) is 17.5. The van der Waals surface area contributed by atoms with E-state index >= 15 is 0 Å². The third-order valence-electron chi connectivity index (χ3n) is 3.28. The van der Waals surface area contributed by atoms with E-state index in [1.807, 2.05) is 6.92 Å². The molecule has 0 saturated heterocycles. The van der Waals surface area contributed by atoms with Crippen LogP contribution in [0, 0.1) is 6.92 Å². The average Bonchev–Trinajstić information content (AvgIpc) is 2.60. The predicted molar refractivity (Wildman–Crippen MR) is 88.1 cm³/mol. The Morgan fingerprint density at radius 2 is 1.50 bits per heavy atom. The van der Waals surface area contributed by atoms with Gasteiger partial charge in [0.05, 0.1) is 5.56 Å². The molecule has 0 aromatic heterocycles. The number of aryl methyl sites for hydroxylation is 1. The van der Waals surface area contributed by atoms with Crippen molar-refractivity contribution in [2.24, 2.45) is 0 Å². The van der Waals surface area contributed by atoms with Crippen molar-refractivity contribution in [2.45, 2.75) is 20.0 Å². The van der Waals surface area contributed by atoms with Crippen molar-refractivity contribution in [3.63, 3.8) is 0 Å². The zero-order valence-corrected chi connectivity index (χ0v) is 13.4. The van der Waals surface area contributed by atoms with Gasteiger partial charge in [-0.15, -0.1) is 0 Å². The molecule has 6 nitrogen and oxygen atoms in total. The molecule has 6 heteroatoms. The number of benzene rings is 2. The molecule has 2 amide bonds. The van der Waals surface area contributed by atoms with Crippen LogP contribution in [0.4, 0.5) is 0 Å². The first-order valence-electron chi connectivity index (χ1n) is 7.40. The number of amides is 2. The highest BCUT2D eigenvalue weighted by Gasteiger charge is 2.19. The number of esters is 1. The Balaban J connectivity index is 1.84. The maximum Gasteiger partial charge on any atom is 0.338 e. The van der Waals surface area contributed by atoms with Gasteiger partial charge in [-0.05, 0) is 38.1 Å². The summed E-state index contributed by atoms with van der Waals surface area (Å²) < 4.78 is 5.07. The molecule has 0 aliphatic heterocycles. The van der Waals surface area contributed by atoms with Gasteiger partial charge in [0.25, 0.3) is 11.8 Å². The fraction of sp³-hybridized carbons (Fsp3) is 0.167. The number of carbonyl (C=O) groups excluding carboxylic acids is 3. The highest BCUT2D eigenvalue weighted by Crippen LogP contribution is 2.06. The number of rotatable bonds is 4. The molecule has 0 heterocycles. The fourth-order valence-electron chi connectivity index (χ4n) is 1.85. The molecule has 24 heavy (non-hydrogen) atoms. The second-order valence-corrected chi connectivity index (χ2v) is 5.22. The first kappa shape index (κ1) is 17.2. The van der Waals surface area contributed by atoms with Gasteiger partial charge in [0.1, 0.15) is 0 Å². The first-order valence-corrected chi connectivity index (χ1v) is 7.40. The smallest absolute Gasteiger partial charge is 0.338 e. The highest BCUT2D eigenvalue weighted by atomic mass is 16.5. The molecule has 0 aliphatic rings. The largest absolute Gasteiger partial charge is 0.449 e. The Labute approximate surface area is 139 Å². The minimum Gasteiger partial charge on any atom is -0.449 e. The zero-order valence-electron chi connectivity index (χ0n) is 13.4. The molecule has 0 bridgehead atoms. The van der Waals surface area contributed by atoms with Gasteiger partial charge in [0, 0.05) is 5.56 Å². The van der Waals surface area contributed by atoms with Gasteiger partial charge in [0.2, 0.25) is 0 Å². The van der Waals surface area contributed by atoms with Gasteiger partial charge in [-0.3, -0.25) is 20.4 Å². The van der Waals surface area contributed by atoms with E-state index < -0.39 is 23.9 Å². The lowest BCUT2D eigenvalue weighted by molar-refractivity contribution is -0.129. The Morgan fingerprint density at radius 3 is 2.12 bits per heavy atom. The monoisotopic (exact) mass is 326 g/mol. The topological polar surface area (TPSA) is 84.5 Å². The Kier molecular flexibility index (Phi) is 5.68. The molecular formula is C18H18N2O4. The highest BCUT2D eigenvalue weighted by molar-refractivity contribution is 5.96. The quantitative estimate of drug-likeness (QED) is 0.665. The van der Waals surface area contributed by atoms with Crippen molar-refractivity contribution < 1.29 is 19.1 Å². The van der Waals surface area contributed by atoms with E-state index in [9.17, 15) is 14.4 Å². The van der Waals surface area contributed by atoms with Crippen molar-refractivity contribution in [1.29, 1.82) is 0 Å². The van der Waals surface area contributed by atoms with Crippen LogP contribution in [0.15, 0.2) is 54.6 Å². The summed E-state index contributed by atoms with van der Waals surface area (Å²) >= 11 is 0. The fourth-order valence-corrected chi connectivity index (χ4v) is 1.85. The summed E-state index contributed by atoms with van der Waals surface area (Å²) in [5.74, 6) is -1.69. The summed E-state index contributed by atoms with van der Waals surface area (Å²) in [6.07, 6.45) is -1.05. The van der Waals surface area contributed by atoms with Crippen LogP contribution in [-0.4, -0.2) is 23.9 Å². The second-order valence-electron chi connectivity index (χ2n) is 5.22. The third-order valence-corrected chi connectivity index (χ3v) is 3.28. The van der Waals surface area contributed by atoms with Crippen LogP contribution in [0.25, 0.3) is 0 Å². The van der Waals surface area contributed by atoms with E-state index in [2.05, 4.69) is 10.9 Å². The first-order chi connectivity index (χ1) is 11.5. The van der Waals surface area contributed by atoms with Gasteiger partial charge >= 0.3 is 5.97 Å². The number of nitrogens with one attached hydrogen (secondary N) is 2. The Bertz CT molecular complexity index is 726. The van der Waals surface area contributed by atoms with E-state index in [-0.39, 0.29) is 0 Å². The van der Waals surface area contributed by atoms with Crippen molar-refractivity contribution in [2.75, 3.05) is 0 Å². The summed E-state index contributed by atoms with van der Waals surface area (Å²) in [4.78, 5) is 35.7. The van der Waals surface area contributed by atoms with Crippen LogP contribution in [0.1, 0.15) is 33.2 Å². The number of ether oxygens (including phenoxy) is 1. The van der Waals surface area contributed by atoms with Gasteiger partial charge < -0.3 is 4.74 Å². The lowest BCUT2D eigenvalue weighted by Gasteiger charge is -2.14. The lowest BCUT2D eigenvalue weighted by atomic mass is 10.1. The van der Waals surface area contributed by atoms with E-state index in [0.29, 0.717) is 11.1 Å². The molecule has 0 fully saturated rings. The summed E-state index contributed by atoms with van der Waals surface area (Å²) in [5, 5.41) is 0. The van der Waals surface area contributed by atoms with Crippen molar-refractivity contribution in [3.05, 3.63) is 71.3 Å². The normalized spacial score (nSPS) is 11.2. The van der Waals surface area contributed by atoms with Crippen molar-refractivity contribution >= 4 is 17.8 Å². The Morgan fingerprint density at radius 1 is 0.875 bits per heavy atom. The molecule has 2 rings (SSSR count). The van der Waals surface area contributed by atoms with Gasteiger partial charge in [-0.2, -0.15) is 0 Å². The van der Waals surface area contributed by atoms with Crippen LogP contribution < -0.4 is 10.9 Å². The van der Waals surface area contributed by atoms with E-state index in [0.717, 1.165) is 5.56 Å². The SMILES string of the molecule is Cc1ccc(C(=O)O[C@@H](C)C(=O)NNC(=O)c2ccccc2)cc1. The summed E-state index contributed by atoms with van der Waals surface area (Å²) in [6, 6.07) is 15.2. The summed E-state index contributed by atoms with van der Waals surface area (Å²) in [5.41, 5.74) is 6.28. The molecule has 1 atom stereocenters. The molecule has 2 aromatic carbocycles.